The summed E-state index contributed by atoms with van der Waals surface area (Å²) in [5.74, 6) is 0.908. The van der Waals surface area contributed by atoms with E-state index in [0.717, 1.165) is 0 Å². The number of pyridine rings is 1. The van der Waals surface area contributed by atoms with Crippen molar-refractivity contribution in [2.75, 3.05) is 25.9 Å². The predicted octanol–water partition coefficient (Wildman–Crippen LogP) is 0.125. The molecule has 1 N–H and O–H groups in total. The average Bonchev–Trinajstić information content (AvgIpc) is 3.11. The van der Waals surface area contributed by atoms with E-state index >= 15 is 0 Å². The maximum Gasteiger partial charge on any atom is 0.242 e. The van der Waals surface area contributed by atoms with Crippen LogP contribution < -0.4 is 4.72 Å². The van der Waals surface area contributed by atoms with Gasteiger partial charge in [-0.3, -0.25) is 4.98 Å². The zero-order chi connectivity index (χ0) is 19.5. The molecule has 2 aromatic rings. The van der Waals surface area contributed by atoms with E-state index in [1.807, 2.05) is 0 Å². The van der Waals surface area contributed by atoms with E-state index < -0.39 is 20.0 Å². The Bertz CT molecular complexity index is 967. The molecular weight excluding hydrogens is 394 g/mol. The van der Waals surface area contributed by atoms with Crippen LogP contribution in [-0.4, -0.2) is 62.2 Å². The van der Waals surface area contributed by atoms with Gasteiger partial charge in [0.25, 0.3) is 0 Å². The van der Waals surface area contributed by atoms with Gasteiger partial charge >= 0.3 is 0 Å². The topological polar surface area (TPSA) is 135 Å². The summed E-state index contributed by atoms with van der Waals surface area (Å²) in [4.78, 5) is 8.20. The number of rotatable bonds is 7. The predicted molar refractivity (Wildman–Crippen MR) is 95.8 cm³/mol. The second-order valence-electron chi connectivity index (χ2n) is 6.32. The Balaban J connectivity index is 1.52. The number of piperidine rings is 1. The van der Waals surface area contributed by atoms with Crippen LogP contribution in [0.25, 0.3) is 0 Å². The highest BCUT2D eigenvalue weighted by Crippen LogP contribution is 2.26. The molecule has 0 amide bonds. The summed E-state index contributed by atoms with van der Waals surface area (Å²) in [6.07, 6.45) is 5.48. The Hall–Kier alpha value is -1.89. The lowest BCUT2D eigenvalue weighted by Gasteiger charge is -2.28. The Kier molecular flexibility index (Phi) is 5.89. The molecule has 10 nitrogen and oxygen atoms in total. The van der Waals surface area contributed by atoms with Crippen molar-refractivity contribution in [2.24, 2.45) is 0 Å². The van der Waals surface area contributed by atoms with Crippen LogP contribution in [0.1, 0.15) is 30.5 Å². The molecule has 0 aliphatic carbocycles. The minimum atomic E-state index is -3.63. The van der Waals surface area contributed by atoms with E-state index in [1.165, 1.54) is 29.0 Å². The van der Waals surface area contributed by atoms with E-state index in [1.54, 1.807) is 6.07 Å². The summed E-state index contributed by atoms with van der Waals surface area (Å²) in [6.45, 7) is 0.974. The summed E-state index contributed by atoms with van der Waals surface area (Å²) in [6, 6.07) is 3.01. The van der Waals surface area contributed by atoms with Crippen LogP contribution in [-0.2, 0) is 26.5 Å². The molecule has 1 aliphatic heterocycles. The SMILES string of the molecule is CS(=O)(=O)N1CCC(c2noc(CCNS(=O)(=O)c3cccnc3)n2)CC1. The molecule has 1 fully saturated rings. The van der Waals surface area contributed by atoms with Gasteiger partial charge in [0, 0.05) is 44.4 Å². The van der Waals surface area contributed by atoms with Gasteiger partial charge in [-0.25, -0.2) is 25.9 Å². The van der Waals surface area contributed by atoms with E-state index in [9.17, 15) is 16.8 Å². The van der Waals surface area contributed by atoms with Crippen molar-refractivity contribution in [3.8, 4) is 0 Å². The van der Waals surface area contributed by atoms with E-state index in [4.69, 9.17) is 4.52 Å². The van der Waals surface area contributed by atoms with Crippen LogP contribution in [0, 0.1) is 0 Å². The Labute approximate surface area is 158 Å². The molecule has 0 spiro atoms. The fourth-order valence-electron chi connectivity index (χ4n) is 2.86. The monoisotopic (exact) mass is 415 g/mol. The quantitative estimate of drug-likeness (QED) is 0.674. The van der Waals surface area contributed by atoms with Gasteiger partial charge in [0.1, 0.15) is 4.90 Å². The molecule has 0 unspecified atom stereocenters. The molecule has 3 heterocycles. The molecular formula is C15H21N5O5S2. The van der Waals surface area contributed by atoms with Crippen molar-refractivity contribution < 1.29 is 21.4 Å². The number of aromatic nitrogens is 3. The largest absolute Gasteiger partial charge is 0.339 e. The van der Waals surface area contributed by atoms with Crippen LogP contribution in [0.4, 0.5) is 0 Å². The van der Waals surface area contributed by atoms with Crippen molar-refractivity contribution in [1.82, 2.24) is 24.2 Å². The zero-order valence-corrected chi connectivity index (χ0v) is 16.4. The summed E-state index contributed by atoms with van der Waals surface area (Å²) in [5.41, 5.74) is 0. The molecule has 12 heteroatoms. The highest BCUT2D eigenvalue weighted by atomic mass is 32.2. The molecule has 1 saturated heterocycles. The van der Waals surface area contributed by atoms with Gasteiger partial charge in [-0.1, -0.05) is 5.16 Å². The molecule has 27 heavy (non-hydrogen) atoms. The molecule has 0 aromatic carbocycles. The van der Waals surface area contributed by atoms with E-state index in [2.05, 4.69) is 19.8 Å². The molecule has 0 radical (unpaired) electrons. The van der Waals surface area contributed by atoms with E-state index in [0.29, 0.717) is 37.6 Å². The van der Waals surface area contributed by atoms with Crippen LogP contribution >= 0.6 is 0 Å². The lowest BCUT2D eigenvalue weighted by molar-refractivity contribution is 0.306. The standard InChI is InChI=1S/C15H21N5O5S2/c1-26(21,22)20-9-5-12(6-10-20)15-18-14(25-19-15)4-8-17-27(23,24)13-3-2-7-16-11-13/h2-3,7,11-12,17H,4-6,8-10H2,1H3. The summed E-state index contributed by atoms with van der Waals surface area (Å²) in [7, 11) is -6.80. The second-order valence-corrected chi connectivity index (χ2v) is 10.1. The molecule has 148 valence electrons. The van der Waals surface area contributed by atoms with Crippen molar-refractivity contribution in [2.45, 2.75) is 30.1 Å². The van der Waals surface area contributed by atoms with Crippen LogP contribution in [0.5, 0.6) is 0 Å². The lowest BCUT2D eigenvalue weighted by atomic mass is 9.97. The fraction of sp³-hybridized carbons (Fsp3) is 0.533. The molecule has 0 saturated carbocycles. The smallest absolute Gasteiger partial charge is 0.242 e. The van der Waals surface area contributed by atoms with Gasteiger partial charge < -0.3 is 4.52 Å². The highest BCUT2D eigenvalue weighted by molar-refractivity contribution is 7.89. The second kappa shape index (κ2) is 8.00. The normalized spacial score (nSPS) is 17.2. The third-order valence-electron chi connectivity index (χ3n) is 4.35. The average molecular weight is 415 g/mol. The minimum Gasteiger partial charge on any atom is -0.339 e. The maximum absolute atomic E-state index is 12.1. The van der Waals surface area contributed by atoms with Gasteiger partial charge in [-0.2, -0.15) is 4.98 Å². The van der Waals surface area contributed by atoms with Crippen LogP contribution in [0.3, 0.4) is 0 Å². The summed E-state index contributed by atoms with van der Waals surface area (Å²) in [5, 5.41) is 3.96. The lowest BCUT2D eigenvalue weighted by Crippen LogP contribution is -2.37. The van der Waals surface area contributed by atoms with Gasteiger partial charge in [0.05, 0.1) is 6.26 Å². The molecule has 0 atom stereocenters. The first-order valence-corrected chi connectivity index (χ1v) is 11.8. The van der Waals surface area contributed by atoms with Gasteiger partial charge in [-0.05, 0) is 25.0 Å². The van der Waals surface area contributed by atoms with Crippen molar-refractivity contribution in [3.63, 3.8) is 0 Å². The van der Waals surface area contributed by atoms with Crippen molar-refractivity contribution >= 4 is 20.0 Å². The number of hydrogen-bond acceptors (Lipinski definition) is 8. The van der Waals surface area contributed by atoms with Gasteiger partial charge in [-0.15, -0.1) is 0 Å². The fourth-order valence-corrected chi connectivity index (χ4v) is 4.73. The maximum atomic E-state index is 12.1. The Morgan fingerprint density at radius 3 is 2.63 bits per heavy atom. The summed E-state index contributed by atoms with van der Waals surface area (Å²) < 4.78 is 56.4. The van der Waals surface area contributed by atoms with Gasteiger partial charge in [0.2, 0.25) is 25.9 Å². The number of hydrogen-bond donors (Lipinski definition) is 1. The number of nitrogens with one attached hydrogen (secondary N) is 1. The summed E-state index contributed by atoms with van der Waals surface area (Å²) >= 11 is 0. The Morgan fingerprint density at radius 2 is 2.00 bits per heavy atom. The third-order valence-corrected chi connectivity index (χ3v) is 7.10. The number of sulfonamides is 2. The Morgan fingerprint density at radius 1 is 1.26 bits per heavy atom. The highest BCUT2D eigenvalue weighted by Gasteiger charge is 2.28. The van der Waals surface area contributed by atoms with E-state index in [-0.39, 0.29) is 23.8 Å². The molecule has 0 bridgehead atoms. The number of nitrogens with zero attached hydrogens (tertiary/aromatic N) is 4. The first kappa shape index (κ1) is 19.9. The molecule has 1 aliphatic rings. The zero-order valence-electron chi connectivity index (χ0n) is 14.8. The van der Waals surface area contributed by atoms with Crippen LogP contribution in [0.15, 0.2) is 33.9 Å². The minimum absolute atomic E-state index is 0.0348. The first-order chi connectivity index (χ1) is 12.8. The van der Waals surface area contributed by atoms with Crippen molar-refractivity contribution in [1.29, 1.82) is 0 Å². The first-order valence-electron chi connectivity index (χ1n) is 8.43. The van der Waals surface area contributed by atoms with Gasteiger partial charge in [0.15, 0.2) is 5.82 Å². The van der Waals surface area contributed by atoms with Crippen molar-refractivity contribution in [3.05, 3.63) is 36.2 Å². The third kappa shape index (κ3) is 5.09. The van der Waals surface area contributed by atoms with Crippen LogP contribution in [0.2, 0.25) is 0 Å². The molecule has 3 rings (SSSR count). The molecule has 2 aromatic heterocycles.